The molecular weight excluding hydrogens is 828 g/mol. The van der Waals surface area contributed by atoms with Gasteiger partial charge in [-0.2, -0.15) is 13.2 Å². The molecule has 2 N–H and O–H groups in total. The number of piperazine rings is 1. The van der Waals surface area contributed by atoms with Gasteiger partial charge in [-0.3, -0.25) is 4.79 Å². The molecule has 1 atom stereocenters. The molecule has 2 amide bonds. The fourth-order valence-electron chi connectivity index (χ4n) is 6.62. The summed E-state index contributed by atoms with van der Waals surface area (Å²) in [6.07, 6.45) is -2.28. The second kappa shape index (κ2) is 26.1. The number of nitrogens with one attached hydrogen (secondary N) is 2. The van der Waals surface area contributed by atoms with Gasteiger partial charge in [0.25, 0.3) is 5.91 Å². The number of alkyl halides is 3. The van der Waals surface area contributed by atoms with Crippen molar-refractivity contribution in [1.29, 1.82) is 0 Å². The zero-order chi connectivity index (χ0) is 45.7. The average molecular weight is 892 g/mol. The molecular formula is C44H64F3N7O9. The molecule has 0 spiro atoms. The molecule has 1 fully saturated rings. The van der Waals surface area contributed by atoms with Gasteiger partial charge in [-0.05, 0) is 84.3 Å². The van der Waals surface area contributed by atoms with Crippen LogP contribution in [-0.2, 0) is 36.4 Å². The number of anilines is 1. The van der Waals surface area contributed by atoms with Gasteiger partial charge in [0.1, 0.15) is 5.60 Å². The SMILES string of the molecule is CCOc1ccc(C(=O)N2CCN(c3ccc(-c4cccnc4OCC)nc3CNCCCOCCOCCOCCOCCNC(=O)OC(C)(C)C)[C@H](CC)C2)c(C(F)(F)F)n1. The fourth-order valence-corrected chi connectivity index (χ4v) is 6.62. The molecule has 0 aliphatic carbocycles. The van der Waals surface area contributed by atoms with E-state index in [1.807, 2.05) is 38.1 Å². The minimum Gasteiger partial charge on any atom is -0.478 e. The van der Waals surface area contributed by atoms with Crippen LogP contribution < -0.4 is 25.0 Å². The molecule has 0 radical (unpaired) electrons. The van der Waals surface area contributed by atoms with Crippen molar-refractivity contribution in [3.05, 3.63) is 59.5 Å². The molecule has 1 aliphatic rings. The molecule has 1 saturated heterocycles. The molecule has 1 aliphatic heterocycles. The first-order chi connectivity index (χ1) is 30.2. The molecule has 3 aromatic rings. The number of hydrogen-bond donors (Lipinski definition) is 2. The molecule has 0 saturated carbocycles. The summed E-state index contributed by atoms with van der Waals surface area (Å²) < 4.78 is 80.7. The van der Waals surface area contributed by atoms with Gasteiger partial charge in [0, 0.05) is 57.6 Å². The molecule has 4 heterocycles. The van der Waals surface area contributed by atoms with Crippen LogP contribution in [0.5, 0.6) is 11.8 Å². The highest BCUT2D eigenvalue weighted by atomic mass is 19.4. The van der Waals surface area contributed by atoms with E-state index in [0.717, 1.165) is 29.4 Å². The van der Waals surface area contributed by atoms with Crippen molar-refractivity contribution < 1.29 is 55.9 Å². The number of pyridine rings is 3. The number of amides is 2. The summed E-state index contributed by atoms with van der Waals surface area (Å²) in [6.45, 7) is 17.1. The van der Waals surface area contributed by atoms with Gasteiger partial charge >= 0.3 is 12.3 Å². The van der Waals surface area contributed by atoms with Crippen molar-refractivity contribution in [3.63, 3.8) is 0 Å². The van der Waals surface area contributed by atoms with Gasteiger partial charge < -0.3 is 53.6 Å². The van der Waals surface area contributed by atoms with E-state index < -0.39 is 35.0 Å². The lowest BCUT2D eigenvalue weighted by molar-refractivity contribution is -0.141. The third-order valence-corrected chi connectivity index (χ3v) is 9.46. The first-order valence-electron chi connectivity index (χ1n) is 21.6. The molecule has 0 bridgehead atoms. The Balaban J connectivity index is 1.25. The van der Waals surface area contributed by atoms with Crippen LogP contribution in [0, 0.1) is 0 Å². The van der Waals surface area contributed by atoms with Crippen molar-refractivity contribution in [2.75, 3.05) is 104 Å². The molecule has 3 aromatic heterocycles. The second-order valence-electron chi connectivity index (χ2n) is 15.3. The monoisotopic (exact) mass is 891 g/mol. The van der Waals surface area contributed by atoms with Crippen molar-refractivity contribution >= 4 is 17.7 Å². The van der Waals surface area contributed by atoms with Crippen LogP contribution in [0.3, 0.4) is 0 Å². The standard InChI is InChI=1S/C44H64F3N7O9/c1-7-32-31-53(41(55)34-13-16-38(61-8-2)52-39(34)44(45,46)47)20-21-54(32)37-15-14-35(33-12-10-18-49-40(33)62-9-3)51-36(37)30-48-17-11-22-57-24-26-59-28-29-60-27-25-58-23-19-50-42(56)63-43(4,5)6/h10,12-16,18,32,48H,7-9,11,17,19-31H2,1-6H3,(H,50,56)/t32-/m1/s1. The van der Waals surface area contributed by atoms with Gasteiger partial charge in [-0.15, -0.1) is 0 Å². The van der Waals surface area contributed by atoms with Crippen LogP contribution in [-0.4, -0.2) is 142 Å². The maximum absolute atomic E-state index is 14.1. The van der Waals surface area contributed by atoms with Crippen LogP contribution in [0.15, 0.2) is 42.6 Å². The first-order valence-corrected chi connectivity index (χ1v) is 21.6. The summed E-state index contributed by atoms with van der Waals surface area (Å²) >= 11 is 0. The third kappa shape index (κ3) is 17.0. The van der Waals surface area contributed by atoms with Gasteiger partial charge in [0.05, 0.1) is 87.7 Å². The summed E-state index contributed by atoms with van der Waals surface area (Å²) in [5.74, 6) is -0.439. The highest BCUT2D eigenvalue weighted by Crippen LogP contribution is 2.35. The molecule has 19 heteroatoms. The normalized spacial score (nSPS) is 14.5. The number of carbonyl (C=O) groups is 2. The van der Waals surface area contributed by atoms with E-state index in [0.29, 0.717) is 104 Å². The quantitative estimate of drug-likeness (QED) is 0.0879. The summed E-state index contributed by atoms with van der Waals surface area (Å²) in [5, 5.41) is 6.12. The summed E-state index contributed by atoms with van der Waals surface area (Å²) in [5.41, 5.74) is 0.758. The van der Waals surface area contributed by atoms with Crippen molar-refractivity contribution in [2.24, 2.45) is 0 Å². The molecule has 0 unspecified atom stereocenters. The van der Waals surface area contributed by atoms with Gasteiger partial charge in [0.2, 0.25) is 11.8 Å². The Bertz CT molecular complexity index is 1850. The van der Waals surface area contributed by atoms with Gasteiger partial charge in [0.15, 0.2) is 5.69 Å². The maximum Gasteiger partial charge on any atom is 0.434 e. The Morgan fingerprint density at radius 2 is 1.49 bits per heavy atom. The molecule has 16 nitrogen and oxygen atoms in total. The molecule has 350 valence electrons. The first kappa shape index (κ1) is 50.8. The minimum atomic E-state index is -4.84. The van der Waals surface area contributed by atoms with Gasteiger partial charge in [-0.1, -0.05) is 6.92 Å². The van der Waals surface area contributed by atoms with E-state index in [9.17, 15) is 22.8 Å². The van der Waals surface area contributed by atoms with E-state index >= 15 is 0 Å². The zero-order valence-electron chi connectivity index (χ0n) is 37.4. The van der Waals surface area contributed by atoms with Gasteiger partial charge in [-0.25, -0.2) is 19.7 Å². The van der Waals surface area contributed by atoms with E-state index in [-0.39, 0.29) is 31.6 Å². The number of rotatable bonds is 26. The van der Waals surface area contributed by atoms with Crippen molar-refractivity contribution in [1.82, 2.24) is 30.5 Å². The lowest BCUT2D eigenvalue weighted by atomic mass is 10.0. The lowest BCUT2D eigenvalue weighted by Gasteiger charge is -2.43. The largest absolute Gasteiger partial charge is 0.478 e. The number of aromatic nitrogens is 3. The van der Waals surface area contributed by atoms with E-state index in [1.54, 1.807) is 33.9 Å². The summed E-state index contributed by atoms with van der Waals surface area (Å²) in [6, 6.07) is 9.89. The predicted molar refractivity (Wildman–Crippen MR) is 230 cm³/mol. The van der Waals surface area contributed by atoms with Crippen molar-refractivity contribution in [2.45, 2.75) is 78.7 Å². The number of carbonyl (C=O) groups excluding carboxylic acids is 2. The second-order valence-corrected chi connectivity index (χ2v) is 15.3. The Hall–Kier alpha value is -4.82. The number of nitrogens with zero attached hydrogens (tertiary/aromatic N) is 5. The van der Waals surface area contributed by atoms with Crippen LogP contribution in [0.2, 0.25) is 0 Å². The number of hydrogen-bond acceptors (Lipinski definition) is 14. The Kier molecular flexibility index (Phi) is 21.0. The Morgan fingerprint density at radius 1 is 0.810 bits per heavy atom. The molecule has 63 heavy (non-hydrogen) atoms. The lowest BCUT2D eigenvalue weighted by Crippen LogP contribution is -2.55. The Labute approximate surface area is 368 Å². The highest BCUT2D eigenvalue weighted by molar-refractivity contribution is 5.95. The van der Waals surface area contributed by atoms with E-state index in [1.165, 1.54) is 11.0 Å². The van der Waals surface area contributed by atoms with Crippen LogP contribution in [0.25, 0.3) is 11.3 Å². The number of alkyl carbamates (subject to hydrolysis) is 1. The Morgan fingerprint density at radius 3 is 2.14 bits per heavy atom. The zero-order valence-corrected chi connectivity index (χ0v) is 37.4. The predicted octanol–water partition coefficient (Wildman–Crippen LogP) is 6.17. The highest BCUT2D eigenvalue weighted by Gasteiger charge is 2.40. The van der Waals surface area contributed by atoms with E-state index in [4.69, 9.17) is 38.1 Å². The molecule has 4 rings (SSSR count). The van der Waals surface area contributed by atoms with Crippen LogP contribution >= 0.6 is 0 Å². The minimum absolute atomic E-state index is 0.143. The molecule has 0 aromatic carbocycles. The third-order valence-electron chi connectivity index (χ3n) is 9.46. The van der Waals surface area contributed by atoms with E-state index in [2.05, 4.69) is 25.5 Å². The number of halogens is 3. The maximum atomic E-state index is 14.1. The summed E-state index contributed by atoms with van der Waals surface area (Å²) in [7, 11) is 0. The smallest absolute Gasteiger partial charge is 0.434 e. The fraction of sp³-hybridized carbons (Fsp3) is 0.614. The van der Waals surface area contributed by atoms with Crippen LogP contribution in [0.4, 0.5) is 23.7 Å². The van der Waals surface area contributed by atoms with Crippen molar-refractivity contribution in [3.8, 4) is 23.0 Å². The average Bonchev–Trinajstić information content (AvgIpc) is 3.25. The summed E-state index contributed by atoms with van der Waals surface area (Å²) in [4.78, 5) is 42.1. The van der Waals surface area contributed by atoms with Crippen LogP contribution in [0.1, 0.15) is 76.1 Å². The topological polar surface area (TPSA) is 168 Å². The number of ether oxygens (including phenoxy) is 7.